The van der Waals surface area contributed by atoms with Gasteiger partial charge in [-0.05, 0) is 29.1 Å². The van der Waals surface area contributed by atoms with Crippen molar-refractivity contribution in [2.24, 2.45) is 0 Å². The Morgan fingerprint density at radius 2 is 1.57 bits per heavy atom. The molecule has 110 valence electrons. The lowest BCUT2D eigenvalue weighted by molar-refractivity contribution is 0.442. The summed E-state index contributed by atoms with van der Waals surface area (Å²) in [5.74, 6) is 0.719. The molecule has 4 rings (SSSR count). The molecule has 4 heteroatoms. The predicted molar refractivity (Wildman–Crippen MR) is 89.3 cm³/mol. The molecule has 0 saturated carbocycles. The van der Waals surface area contributed by atoms with Gasteiger partial charge in [0.05, 0.1) is 0 Å². The number of hydrogen-bond acceptors (Lipinski definition) is 4. The Morgan fingerprint density at radius 1 is 0.739 bits per heavy atom. The number of ether oxygens (including phenoxy) is 1. The van der Waals surface area contributed by atoms with Gasteiger partial charge in [0.25, 0.3) is 0 Å². The molecule has 2 heterocycles. The first-order valence-corrected chi connectivity index (χ1v) is 7.28. The second-order valence-corrected chi connectivity index (χ2v) is 5.07. The molecule has 0 aliphatic heterocycles. The van der Waals surface area contributed by atoms with E-state index in [2.05, 4.69) is 21.0 Å². The van der Waals surface area contributed by atoms with Gasteiger partial charge in [-0.2, -0.15) is 0 Å². The average Bonchev–Trinajstić information content (AvgIpc) is 2.63. The van der Waals surface area contributed by atoms with Crippen molar-refractivity contribution in [3.8, 4) is 22.9 Å². The van der Waals surface area contributed by atoms with Crippen LogP contribution >= 0.6 is 0 Å². The molecule has 0 aliphatic carbocycles. The summed E-state index contributed by atoms with van der Waals surface area (Å²) >= 11 is 0. The van der Waals surface area contributed by atoms with E-state index in [0.717, 1.165) is 27.6 Å². The van der Waals surface area contributed by atoms with Gasteiger partial charge in [-0.25, -0.2) is 9.97 Å². The van der Waals surface area contributed by atoms with Gasteiger partial charge in [-0.15, -0.1) is 0 Å². The van der Waals surface area contributed by atoms with Crippen LogP contribution in [0.2, 0.25) is 0 Å². The third-order valence-electron chi connectivity index (χ3n) is 3.57. The van der Waals surface area contributed by atoms with Crippen molar-refractivity contribution in [2.45, 2.75) is 0 Å². The highest BCUT2D eigenvalue weighted by molar-refractivity contribution is 5.95. The molecular formula is C19H13N3O. The van der Waals surface area contributed by atoms with E-state index in [-0.39, 0.29) is 0 Å². The zero-order valence-corrected chi connectivity index (χ0v) is 12.3. The van der Waals surface area contributed by atoms with E-state index in [1.54, 1.807) is 18.6 Å². The summed E-state index contributed by atoms with van der Waals surface area (Å²) in [6.45, 7) is 0. The first kappa shape index (κ1) is 13.4. The van der Waals surface area contributed by atoms with Crippen molar-refractivity contribution in [1.29, 1.82) is 0 Å². The Kier molecular flexibility index (Phi) is 3.41. The molecule has 0 atom stereocenters. The van der Waals surface area contributed by atoms with Crippen LogP contribution in [0.4, 0.5) is 0 Å². The first-order valence-electron chi connectivity index (χ1n) is 7.28. The molecule has 0 fully saturated rings. The number of rotatable bonds is 3. The first-order chi connectivity index (χ1) is 11.4. The van der Waals surface area contributed by atoms with Gasteiger partial charge < -0.3 is 4.74 Å². The van der Waals surface area contributed by atoms with Gasteiger partial charge in [0.15, 0.2) is 0 Å². The number of pyridine rings is 1. The van der Waals surface area contributed by atoms with Crippen LogP contribution in [0.5, 0.6) is 11.8 Å². The van der Waals surface area contributed by atoms with Crippen molar-refractivity contribution >= 4 is 10.8 Å². The predicted octanol–water partition coefficient (Wildman–Crippen LogP) is 4.48. The largest absolute Gasteiger partial charge is 0.424 e. The van der Waals surface area contributed by atoms with Gasteiger partial charge in [-0.3, -0.25) is 4.98 Å². The van der Waals surface area contributed by atoms with E-state index in [9.17, 15) is 0 Å². The fraction of sp³-hybridized carbons (Fsp3) is 0. The monoisotopic (exact) mass is 299 g/mol. The zero-order valence-electron chi connectivity index (χ0n) is 12.3. The van der Waals surface area contributed by atoms with Crippen LogP contribution in [0, 0.1) is 0 Å². The van der Waals surface area contributed by atoms with Gasteiger partial charge >= 0.3 is 6.01 Å². The lowest BCUT2D eigenvalue weighted by Gasteiger charge is -2.07. The fourth-order valence-corrected chi connectivity index (χ4v) is 2.48. The summed E-state index contributed by atoms with van der Waals surface area (Å²) in [5, 5.41) is 2.22. The molecule has 4 nitrogen and oxygen atoms in total. The minimum absolute atomic E-state index is 0.335. The van der Waals surface area contributed by atoms with Gasteiger partial charge in [0, 0.05) is 35.7 Å². The van der Waals surface area contributed by atoms with E-state index >= 15 is 0 Å². The summed E-state index contributed by atoms with van der Waals surface area (Å²) in [6, 6.07) is 17.9. The molecule has 4 aromatic rings. The van der Waals surface area contributed by atoms with Gasteiger partial charge in [0.1, 0.15) is 5.75 Å². The highest BCUT2D eigenvalue weighted by Crippen LogP contribution is 2.28. The minimum atomic E-state index is 0.335. The molecular weight excluding hydrogens is 286 g/mol. The summed E-state index contributed by atoms with van der Waals surface area (Å²) in [6.07, 6.45) is 7.20. The maximum atomic E-state index is 5.62. The summed E-state index contributed by atoms with van der Waals surface area (Å²) in [4.78, 5) is 12.8. The summed E-state index contributed by atoms with van der Waals surface area (Å²) < 4.78 is 5.62. The lowest BCUT2D eigenvalue weighted by Crippen LogP contribution is -1.92. The Hall–Kier alpha value is -3.27. The average molecular weight is 299 g/mol. The van der Waals surface area contributed by atoms with E-state index in [1.165, 1.54) is 0 Å². The van der Waals surface area contributed by atoms with Gasteiger partial charge in [0.2, 0.25) is 0 Å². The standard InChI is InChI=1S/C19H13N3O/c1-2-6-16(7-3-1)23-19-21-12-15(13-22-19)17-8-4-5-14-11-20-10-9-18(14)17/h1-13H. The highest BCUT2D eigenvalue weighted by atomic mass is 16.5. The molecule has 2 aromatic heterocycles. The smallest absolute Gasteiger partial charge is 0.321 e. The number of benzene rings is 2. The van der Waals surface area contributed by atoms with Crippen LogP contribution in [0.25, 0.3) is 21.9 Å². The van der Waals surface area contributed by atoms with Crippen LogP contribution in [0.15, 0.2) is 79.4 Å². The number of fused-ring (bicyclic) bond motifs is 1. The van der Waals surface area contributed by atoms with E-state index in [1.807, 2.05) is 54.7 Å². The summed E-state index contributed by atoms with van der Waals surface area (Å²) in [5.41, 5.74) is 2.03. The highest BCUT2D eigenvalue weighted by Gasteiger charge is 2.06. The zero-order chi connectivity index (χ0) is 15.5. The molecule has 0 unspecified atom stereocenters. The second kappa shape index (κ2) is 5.85. The van der Waals surface area contributed by atoms with Crippen LogP contribution in [-0.2, 0) is 0 Å². The van der Waals surface area contributed by atoms with Crippen molar-refractivity contribution in [3.05, 3.63) is 79.4 Å². The maximum absolute atomic E-state index is 5.62. The quantitative estimate of drug-likeness (QED) is 0.559. The molecule has 0 radical (unpaired) electrons. The Balaban J connectivity index is 1.68. The molecule has 23 heavy (non-hydrogen) atoms. The molecule has 2 aromatic carbocycles. The lowest BCUT2D eigenvalue weighted by atomic mass is 10.0. The van der Waals surface area contributed by atoms with Crippen molar-refractivity contribution in [3.63, 3.8) is 0 Å². The van der Waals surface area contributed by atoms with Crippen molar-refractivity contribution in [1.82, 2.24) is 15.0 Å². The minimum Gasteiger partial charge on any atom is -0.424 e. The third kappa shape index (κ3) is 2.74. The van der Waals surface area contributed by atoms with Crippen LogP contribution in [-0.4, -0.2) is 15.0 Å². The topological polar surface area (TPSA) is 47.9 Å². The number of hydrogen-bond donors (Lipinski definition) is 0. The molecule has 0 N–H and O–H groups in total. The van der Waals surface area contributed by atoms with Crippen molar-refractivity contribution in [2.75, 3.05) is 0 Å². The van der Waals surface area contributed by atoms with Crippen LogP contribution < -0.4 is 4.74 Å². The number of nitrogens with zero attached hydrogens (tertiary/aromatic N) is 3. The SMILES string of the molecule is c1ccc(Oc2ncc(-c3cccc4cnccc34)cn2)cc1. The third-order valence-corrected chi connectivity index (χ3v) is 3.57. The fourth-order valence-electron chi connectivity index (χ4n) is 2.48. The Labute approximate surface area is 133 Å². The molecule has 0 bridgehead atoms. The van der Waals surface area contributed by atoms with E-state index < -0.39 is 0 Å². The second-order valence-electron chi connectivity index (χ2n) is 5.07. The maximum Gasteiger partial charge on any atom is 0.321 e. The Bertz CT molecular complexity index is 932. The van der Waals surface area contributed by atoms with Gasteiger partial charge in [-0.1, -0.05) is 36.4 Å². The molecule has 0 aliphatic rings. The molecule has 0 amide bonds. The van der Waals surface area contributed by atoms with Crippen molar-refractivity contribution < 1.29 is 4.74 Å². The normalized spacial score (nSPS) is 10.6. The number of para-hydroxylation sites is 1. The number of aromatic nitrogens is 3. The molecule has 0 spiro atoms. The summed E-state index contributed by atoms with van der Waals surface area (Å²) in [7, 11) is 0. The molecule has 0 saturated heterocycles. The van der Waals surface area contributed by atoms with E-state index in [0.29, 0.717) is 6.01 Å². The van der Waals surface area contributed by atoms with Crippen LogP contribution in [0.3, 0.4) is 0 Å². The Morgan fingerprint density at radius 3 is 2.39 bits per heavy atom. The van der Waals surface area contributed by atoms with Crippen LogP contribution in [0.1, 0.15) is 0 Å². The van der Waals surface area contributed by atoms with E-state index in [4.69, 9.17) is 4.74 Å².